The maximum atomic E-state index is 13.5. The van der Waals surface area contributed by atoms with Gasteiger partial charge in [0.2, 0.25) is 5.91 Å². The van der Waals surface area contributed by atoms with E-state index >= 15 is 0 Å². The number of rotatable bonds is 59. The van der Waals surface area contributed by atoms with Crippen molar-refractivity contribution in [1.29, 1.82) is 0 Å². The summed E-state index contributed by atoms with van der Waals surface area (Å²) in [5.41, 5.74) is 0. The quantitative estimate of drug-likeness (QED) is 0.0195. The molecule has 1 aliphatic rings. The van der Waals surface area contributed by atoms with Gasteiger partial charge in [-0.3, -0.25) is 9.59 Å². The van der Waals surface area contributed by atoms with E-state index < -0.39 is 67.4 Å². The number of aliphatic hydroxyl groups excluding tert-OH is 5. The number of esters is 1. The van der Waals surface area contributed by atoms with E-state index in [1.807, 2.05) is 18.2 Å². The number of ether oxygens (including phenoxy) is 3. The molecule has 0 radical (unpaired) electrons. The Morgan fingerprint density at radius 1 is 0.482 bits per heavy atom. The number of amides is 1. The number of allylic oxidation sites excluding steroid dienone is 11. The van der Waals surface area contributed by atoms with Crippen LogP contribution < -0.4 is 5.32 Å². The molecule has 1 rings (SSSR count). The largest absolute Gasteiger partial charge is 0.454 e. The van der Waals surface area contributed by atoms with Crippen LogP contribution in [0.2, 0.25) is 0 Å². The minimum Gasteiger partial charge on any atom is -0.454 e. The summed E-state index contributed by atoms with van der Waals surface area (Å²) in [7, 11) is 0. The first-order valence-electron chi connectivity index (χ1n) is 34.7. The van der Waals surface area contributed by atoms with Gasteiger partial charge in [0.05, 0.1) is 25.4 Å². The molecule has 1 fully saturated rings. The van der Waals surface area contributed by atoms with Crippen LogP contribution in [0.15, 0.2) is 72.9 Å². The Bertz CT molecular complexity index is 1630. The molecule has 482 valence electrons. The van der Waals surface area contributed by atoms with Gasteiger partial charge in [0.1, 0.15) is 24.4 Å². The monoisotopic (exact) mass is 1170 g/mol. The lowest BCUT2D eigenvalue weighted by Crippen LogP contribution is -2.61. The van der Waals surface area contributed by atoms with Crippen molar-refractivity contribution in [3.63, 3.8) is 0 Å². The van der Waals surface area contributed by atoms with Crippen molar-refractivity contribution in [3.05, 3.63) is 72.9 Å². The molecule has 0 aromatic heterocycles. The Hall–Kier alpha value is -2.90. The molecular formula is C72H129NO10. The van der Waals surface area contributed by atoms with E-state index in [-0.39, 0.29) is 19.4 Å². The summed E-state index contributed by atoms with van der Waals surface area (Å²) in [6.45, 7) is 5.68. The van der Waals surface area contributed by atoms with Crippen molar-refractivity contribution in [1.82, 2.24) is 5.32 Å². The first kappa shape index (κ1) is 78.1. The molecule has 11 nitrogen and oxygen atoms in total. The third-order valence-electron chi connectivity index (χ3n) is 16.1. The molecule has 1 amide bonds. The summed E-state index contributed by atoms with van der Waals surface area (Å²) in [4.78, 5) is 26.6. The smallest absolute Gasteiger partial charge is 0.306 e. The maximum absolute atomic E-state index is 13.5. The van der Waals surface area contributed by atoms with Gasteiger partial charge in [0.25, 0.3) is 0 Å². The van der Waals surface area contributed by atoms with Crippen LogP contribution in [0.25, 0.3) is 0 Å². The Labute approximate surface area is 509 Å². The van der Waals surface area contributed by atoms with Crippen molar-refractivity contribution in [3.8, 4) is 0 Å². The van der Waals surface area contributed by atoms with Crippen LogP contribution in [0, 0.1) is 0 Å². The molecule has 11 heteroatoms. The van der Waals surface area contributed by atoms with E-state index in [1.165, 1.54) is 186 Å². The molecule has 1 aliphatic heterocycles. The van der Waals surface area contributed by atoms with Crippen molar-refractivity contribution in [2.75, 3.05) is 13.2 Å². The lowest BCUT2D eigenvalue weighted by Gasteiger charge is -2.41. The van der Waals surface area contributed by atoms with Crippen molar-refractivity contribution >= 4 is 11.9 Å². The number of carbonyl (C=O) groups excluding carboxylic acids is 2. The Kier molecular flexibility index (Phi) is 55.9. The summed E-state index contributed by atoms with van der Waals surface area (Å²) in [5.74, 6) is -1.25. The van der Waals surface area contributed by atoms with Gasteiger partial charge in [-0.1, -0.05) is 312 Å². The molecule has 6 N–H and O–H groups in total. The molecular weight excluding hydrogens is 1040 g/mol. The predicted molar refractivity (Wildman–Crippen MR) is 347 cm³/mol. The average Bonchev–Trinajstić information content (AvgIpc) is 3.58. The first-order chi connectivity index (χ1) is 40.7. The fourth-order valence-corrected chi connectivity index (χ4v) is 10.7. The molecule has 1 heterocycles. The van der Waals surface area contributed by atoms with Gasteiger partial charge in [-0.15, -0.1) is 0 Å². The molecule has 0 bridgehead atoms. The second kappa shape index (κ2) is 59.4. The topological polar surface area (TPSA) is 175 Å². The molecule has 0 aromatic rings. The number of unbranched alkanes of at least 4 members (excludes halogenated alkanes) is 35. The second-order valence-electron chi connectivity index (χ2n) is 23.9. The molecule has 1 saturated heterocycles. The molecule has 0 saturated carbocycles. The zero-order chi connectivity index (χ0) is 60.3. The van der Waals surface area contributed by atoms with Gasteiger partial charge in [0.15, 0.2) is 12.4 Å². The third-order valence-corrected chi connectivity index (χ3v) is 16.1. The van der Waals surface area contributed by atoms with Gasteiger partial charge < -0.3 is 45.1 Å². The van der Waals surface area contributed by atoms with Gasteiger partial charge in [0, 0.05) is 6.42 Å². The van der Waals surface area contributed by atoms with E-state index in [1.54, 1.807) is 6.08 Å². The number of nitrogens with one attached hydrogen (secondary N) is 1. The Morgan fingerprint density at radius 2 is 0.867 bits per heavy atom. The fraction of sp³-hybridized carbons (Fsp3) is 0.806. The van der Waals surface area contributed by atoms with Crippen LogP contribution in [0.3, 0.4) is 0 Å². The molecule has 8 atom stereocenters. The maximum Gasteiger partial charge on any atom is 0.306 e. The van der Waals surface area contributed by atoms with E-state index in [9.17, 15) is 35.1 Å². The lowest BCUT2D eigenvalue weighted by molar-refractivity contribution is -0.305. The van der Waals surface area contributed by atoms with Gasteiger partial charge in [-0.2, -0.15) is 0 Å². The normalized spacial score (nSPS) is 19.0. The van der Waals surface area contributed by atoms with Crippen LogP contribution in [0.5, 0.6) is 0 Å². The van der Waals surface area contributed by atoms with Crippen LogP contribution in [-0.4, -0.2) is 99.6 Å². The minimum absolute atomic E-state index is 0.0443. The number of hydrogen-bond acceptors (Lipinski definition) is 10. The Morgan fingerprint density at radius 3 is 1.29 bits per heavy atom. The van der Waals surface area contributed by atoms with E-state index in [4.69, 9.17) is 14.2 Å². The summed E-state index contributed by atoms with van der Waals surface area (Å²) in [5, 5.41) is 57.2. The summed E-state index contributed by atoms with van der Waals surface area (Å²) < 4.78 is 17.6. The standard InChI is InChI=1S/C72H129NO10/c1-4-7-10-13-16-19-22-25-27-29-30-31-32-33-34-35-37-38-41-44-47-50-53-56-59-65(76)71(80)73-63(64(75)58-55-52-49-46-43-40-24-21-18-15-12-9-6-3)62-81-72-70(69(79)68(78)66(61-74)82-72)83-67(77)60-57-54-51-48-45-42-39-36-28-26-23-20-17-14-11-8-5-2/h8,11,17,20,26,28,39,42,48,51,55,58,63-66,68-70,72,74-76,78-79H,4-7,9-10,12-16,18-19,21-25,27,29-38,40-41,43-47,49-50,52-54,56-57,59-62H2,1-3H3,(H,73,80)/b11-8-,20-17-,28-26-,42-39-,51-48-,58-55+. The summed E-state index contributed by atoms with van der Waals surface area (Å²) in [6.07, 6.45) is 66.7. The fourth-order valence-electron chi connectivity index (χ4n) is 10.7. The van der Waals surface area contributed by atoms with E-state index in [0.29, 0.717) is 19.3 Å². The van der Waals surface area contributed by atoms with E-state index in [0.717, 1.165) is 70.6 Å². The zero-order valence-electron chi connectivity index (χ0n) is 53.6. The van der Waals surface area contributed by atoms with Crippen LogP contribution in [-0.2, 0) is 23.8 Å². The SMILES string of the molecule is CC/C=C\C/C=C\C/C=C\C/C=C\C/C=C\CCCC(=O)OC1C(OCC(NC(=O)C(O)CCCCCCCCCCCCCCCCCCCCCCCCCC)C(O)/C=C/CCCCCCCCCCCCC)OC(CO)C(O)C1O. The average molecular weight is 1170 g/mol. The van der Waals surface area contributed by atoms with Crippen LogP contribution in [0.1, 0.15) is 310 Å². The number of carbonyl (C=O) groups is 2. The van der Waals surface area contributed by atoms with Gasteiger partial charge in [-0.25, -0.2) is 0 Å². The second-order valence-corrected chi connectivity index (χ2v) is 23.9. The van der Waals surface area contributed by atoms with Crippen LogP contribution >= 0.6 is 0 Å². The highest BCUT2D eigenvalue weighted by Crippen LogP contribution is 2.26. The Balaban J connectivity index is 2.62. The highest BCUT2D eigenvalue weighted by Gasteiger charge is 2.47. The predicted octanol–water partition coefficient (Wildman–Crippen LogP) is 17.5. The van der Waals surface area contributed by atoms with Crippen molar-refractivity contribution < 1.29 is 49.3 Å². The van der Waals surface area contributed by atoms with Crippen molar-refractivity contribution in [2.24, 2.45) is 0 Å². The lowest BCUT2D eigenvalue weighted by atomic mass is 9.99. The highest BCUT2D eigenvalue weighted by molar-refractivity contribution is 5.80. The molecule has 83 heavy (non-hydrogen) atoms. The van der Waals surface area contributed by atoms with Crippen LogP contribution in [0.4, 0.5) is 0 Å². The summed E-state index contributed by atoms with van der Waals surface area (Å²) >= 11 is 0. The number of hydrogen-bond donors (Lipinski definition) is 6. The molecule has 0 aromatic carbocycles. The number of aliphatic hydroxyl groups is 5. The van der Waals surface area contributed by atoms with Crippen molar-refractivity contribution in [2.45, 2.75) is 359 Å². The zero-order valence-corrected chi connectivity index (χ0v) is 53.6. The third kappa shape index (κ3) is 46.9. The van der Waals surface area contributed by atoms with Gasteiger partial charge in [-0.05, 0) is 64.2 Å². The molecule has 8 unspecified atom stereocenters. The minimum atomic E-state index is -1.64. The molecule has 0 spiro atoms. The molecule has 0 aliphatic carbocycles. The highest BCUT2D eigenvalue weighted by atomic mass is 16.7. The first-order valence-corrected chi connectivity index (χ1v) is 34.7. The van der Waals surface area contributed by atoms with E-state index in [2.05, 4.69) is 74.7 Å². The van der Waals surface area contributed by atoms with Gasteiger partial charge >= 0.3 is 5.97 Å². The summed E-state index contributed by atoms with van der Waals surface area (Å²) in [6, 6.07) is -1.04.